The van der Waals surface area contributed by atoms with Crippen LogP contribution in [0.3, 0.4) is 0 Å². The summed E-state index contributed by atoms with van der Waals surface area (Å²) in [4.78, 5) is 11.1. The molecule has 8 heteroatoms. The van der Waals surface area contributed by atoms with Crippen molar-refractivity contribution >= 4 is 12.0 Å². The monoisotopic (exact) mass is 340 g/mol. The molecule has 0 spiro atoms. The van der Waals surface area contributed by atoms with E-state index in [0.29, 0.717) is 5.56 Å². The van der Waals surface area contributed by atoms with E-state index < -0.39 is 36.5 Å². The lowest BCUT2D eigenvalue weighted by Gasteiger charge is -2.43. The van der Waals surface area contributed by atoms with E-state index in [2.05, 4.69) is 4.74 Å². The van der Waals surface area contributed by atoms with E-state index in [9.17, 15) is 25.2 Å². The quantitative estimate of drug-likeness (QED) is 0.343. The van der Waals surface area contributed by atoms with E-state index in [1.165, 1.54) is 31.4 Å². The fraction of sp³-hybridized carbons (Fsp3) is 0.438. The third-order valence-electron chi connectivity index (χ3n) is 3.94. The molecule has 5 N–H and O–H groups in total. The summed E-state index contributed by atoms with van der Waals surface area (Å²) in [6.07, 6.45) is -1.67. The molecule has 0 bridgehead atoms. The summed E-state index contributed by atoms with van der Waals surface area (Å²) >= 11 is 0. The van der Waals surface area contributed by atoms with Crippen LogP contribution in [0.25, 0.3) is 6.08 Å². The van der Waals surface area contributed by atoms with E-state index in [-0.39, 0.29) is 17.9 Å². The largest absolute Gasteiger partial charge is 0.508 e. The maximum Gasteiger partial charge on any atom is 0.330 e. The van der Waals surface area contributed by atoms with Crippen LogP contribution in [-0.2, 0) is 19.9 Å². The lowest BCUT2D eigenvalue weighted by molar-refractivity contribution is -0.245. The molecule has 1 fully saturated rings. The average Bonchev–Trinajstić information content (AvgIpc) is 2.57. The highest BCUT2D eigenvalue weighted by atomic mass is 16.5. The second-order valence-corrected chi connectivity index (χ2v) is 5.56. The standard InChI is InChI=1S/C16H20O8/c1-23-13(19)3-2-9-4-10(6-11(18)5-9)16(22)8-24-12(7-17)14(20)15(16)21/h2-6,12,14-15,17-18,20-22H,7-8H2,1H3/t12-,14-,15+,16+/m1/s1. The second-order valence-electron chi connectivity index (χ2n) is 5.56. The maximum absolute atomic E-state index is 11.1. The Kier molecular flexibility index (Phi) is 5.58. The van der Waals surface area contributed by atoms with E-state index in [1.807, 2.05) is 0 Å². The number of carbonyl (C=O) groups is 1. The van der Waals surface area contributed by atoms with Gasteiger partial charge in [0.25, 0.3) is 0 Å². The molecule has 0 saturated carbocycles. The van der Waals surface area contributed by atoms with Crippen molar-refractivity contribution in [3.05, 3.63) is 35.4 Å². The normalized spacial score (nSPS) is 30.5. The van der Waals surface area contributed by atoms with Crippen molar-refractivity contribution in [1.29, 1.82) is 0 Å². The van der Waals surface area contributed by atoms with Crippen molar-refractivity contribution in [2.75, 3.05) is 20.3 Å². The average molecular weight is 340 g/mol. The van der Waals surface area contributed by atoms with Crippen molar-refractivity contribution in [1.82, 2.24) is 0 Å². The number of phenols is 1. The highest BCUT2D eigenvalue weighted by Gasteiger charge is 2.49. The van der Waals surface area contributed by atoms with Crippen LogP contribution in [0.15, 0.2) is 24.3 Å². The molecule has 8 nitrogen and oxygen atoms in total. The summed E-state index contributed by atoms with van der Waals surface area (Å²) in [6.45, 7) is -0.901. The van der Waals surface area contributed by atoms with Gasteiger partial charge in [-0.3, -0.25) is 0 Å². The first-order chi connectivity index (χ1) is 11.3. The first-order valence-electron chi connectivity index (χ1n) is 7.23. The van der Waals surface area contributed by atoms with E-state index in [4.69, 9.17) is 9.84 Å². The van der Waals surface area contributed by atoms with E-state index in [1.54, 1.807) is 0 Å². The van der Waals surface area contributed by atoms with Gasteiger partial charge in [0.05, 0.1) is 20.3 Å². The van der Waals surface area contributed by atoms with Crippen LogP contribution in [0, 0.1) is 0 Å². The molecule has 0 aromatic heterocycles. The number of esters is 1. The van der Waals surface area contributed by atoms with Crippen LogP contribution in [0.5, 0.6) is 5.75 Å². The molecular formula is C16H20O8. The molecular weight excluding hydrogens is 320 g/mol. The summed E-state index contributed by atoms with van der Waals surface area (Å²) < 4.78 is 9.66. The Hall–Kier alpha value is -1.97. The Labute approximate surface area is 138 Å². The zero-order valence-electron chi connectivity index (χ0n) is 13.0. The molecule has 1 aromatic rings. The number of carbonyl (C=O) groups excluding carboxylic acids is 1. The predicted octanol–water partition coefficient (Wildman–Crippen LogP) is -1.12. The van der Waals surface area contributed by atoms with Gasteiger partial charge < -0.3 is 35.0 Å². The van der Waals surface area contributed by atoms with E-state index in [0.717, 1.165) is 6.08 Å². The number of benzene rings is 1. The molecule has 0 aliphatic carbocycles. The molecule has 4 atom stereocenters. The van der Waals surface area contributed by atoms with Crippen LogP contribution in [0.4, 0.5) is 0 Å². The summed E-state index contributed by atoms with van der Waals surface area (Å²) in [5.41, 5.74) is -1.53. The van der Waals surface area contributed by atoms with Crippen molar-refractivity contribution in [2.24, 2.45) is 0 Å². The van der Waals surface area contributed by atoms with Gasteiger partial charge in [0, 0.05) is 6.08 Å². The van der Waals surface area contributed by atoms with Gasteiger partial charge in [0.15, 0.2) is 0 Å². The maximum atomic E-state index is 11.1. The van der Waals surface area contributed by atoms with Gasteiger partial charge in [0.1, 0.15) is 29.7 Å². The Bertz CT molecular complexity index is 629. The number of hydrogen-bond donors (Lipinski definition) is 5. The highest BCUT2D eigenvalue weighted by Crippen LogP contribution is 2.35. The fourth-order valence-electron chi connectivity index (χ4n) is 2.53. The van der Waals surface area contributed by atoms with Crippen LogP contribution in [-0.4, -0.2) is 70.1 Å². The molecule has 132 valence electrons. The number of aliphatic hydroxyl groups is 4. The molecule has 2 rings (SSSR count). The second kappa shape index (κ2) is 7.29. The number of ether oxygens (including phenoxy) is 2. The summed E-state index contributed by atoms with van der Waals surface area (Å²) in [7, 11) is 1.22. The molecule has 1 aromatic carbocycles. The molecule has 1 aliphatic heterocycles. The van der Waals surface area contributed by atoms with Crippen LogP contribution >= 0.6 is 0 Å². The smallest absolute Gasteiger partial charge is 0.330 e. The molecule has 0 radical (unpaired) electrons. The van der Waals surface area contributed by atoms with Gasteiger partial charge in [0.2, 0.25) is 0 Å². The lowest BCUT2D eigenvalue weighted by atomic mass is 9.81. The topological polar surface area (TPSA) is 137 Å². The minimum atomic E-state index is -1.99. The minimum absolute atomic E-state index is 0.0926. The van der Waals surface area contributed by atoms with Crippen molar-refractivity contribution in [2.45, 2.75) is 23.9 Å². The zero-order chi connectivity index (χ0) is 17.9. The summed E-state index contributed by atoms with van der Waals surface area (Å²) in [5, 5.41) is 49.8. The number of rotatable bonds is 4. The van der Waals surface area contributed by atoms with Gasteiger partial charge in [-0.1, -0.05) is 0 Å². The van der Waals surface area contributed by atoms with Gasteiger partial charge >= 0.3 is 5.97 Å². The van der Waals surface area contributed by atoms with Gasteiger partial charge in [-0.15, -0.1) is 0 Å². The molecule has 1 saturated heterocycles. The van der Waals surface area contributed by atoms with Gasteiger partial charge in [-0.2, -0.15) is 0 Å². The van der Waals surface area contributed by atoms with Crippen LogP contribution < -0.4 is 0 Å². The number of aromatic hydroxyl groups is 1. The number of phenolic OH excluding ortho intramolecular Hbond substituents is 1. The SMILES string of the molecule is COC(=O)C=Cc1cc(O)cc([C@@]2(O)CO[C@H](CO)[C@@H](O)[C@@H]2O)c1. The highest BCUT2D eigenvalue weighted by molar-refractivity contribution is 5.87. The summed E-state index contributed by atoms with van der Waals surface area (Å²) in [6, 6.07) is 3.99. The molecule has 0 unspecified atom stereocenters. The van der Waals surface area contributed by atoms with E-state index >= 15 is 0 Å². The lowest BCUT2D eigenvalue weighted by Crippen LogP contribution is -2.60. The Balaban J connectivity index is 2.35. The van der Waals surface area contributed by atoms with Crippen LogP contribution in [0.1, 0.15) is 11.1 Å². The number of methoxy groups -OCH3 is 1. The number of aliphatic hydroxyl groups excluding tert-OH is 3. The first-order valence-corrected chi connectivity index (χ1v) is 7.23. The molecule has 1 aliphatic rings. The number of hydrogen-bond acceptors (Lipinski definition) is 8. The molecule has 24 heavy (non-hydrogen) atoms. The van der Waals surface area contributed by atoms with Crippen LogP contribution in [0.2, 0.25) is 0 Å². The third-order valence-corrected chi connectivity index (χ3v) is 3.94. The fourth-order valence-corrected chi connectivity index (χ4v) is 2.53. The zero-order valence-corrected chi connectivity index (χ0v) is 13.0. The van der Waals surface area contributed by atoms with Gasteiger partial charge in [-0.25, -0.2) is 4.79 Å². The first kappa shape index (κ1) is 18.4. The van der Waals surface area contributed by atoms with Crippen molar-refractivity contribution in [3.8, 4) is 5.75 Å². The van der Waals surface area contributed by atoms with Crippen molar-refractivity contribution < 1.29 is 39.8 Å². The minimum Gasteiger partial charge on any atom is -0.508 e. The Morgan fingerprint density at radius 2 is 2.12 bits per heavy atom. The van der Waals surface area contributed by atoms with Gasteiger partial charge in [-0.05, 0) is 35.4 Å². The Morgan fingerprint density at radius 3 is 2.75 bits per heavy atom. The predicted molar refractivity (Wildman–Crippen MR) is 81.9 cm³/mol. The molecule has 1 heterocycles. The van der Waals surface area contributed by atoms with Crippen molar-refractivity contribution in [3.63, 3.8) is 0 Å². The Morgan fingerprint density at radius 1 is 1.42 bits per heavy atom. The molecule has 0 amide bonds. The third kappa shape index (κ3) is 3.58. The summed E-state index contributed by atoms with van der Waals surface area (Å²) in [5.74, 6) is -0.808.